The number of benzene rings is 2. The van der Waals surface area contributed by atoms with E-state index >= 15 is 0 Å². The van der Waals surface area contributed by atoms with Crippen LogP contribution in [0.4, 0.5) is 15.3 Å². The highest BCUT2D eigenvalue weighted by molar-refractivity contribution is 6.09. The molecular weight excluding hydrogens is 386 g/mol. The molecule has 0 spiro atoms. The molecule has 30 heavy (non-hydrogen) atoms. The van der Waals surface area contributed by atoms with Gasteiger partial charge in [-0.25, -0.2) is 9.59 Å². The van der Waals surface area contributed by atoms with Crippen molar-refractivity contribution < 1.29 is 19.2 Å². The van der Waals surface area contributed by atoms with Gasteiger partial charge in [-0.15, -0.1) is 0 Å². The van der Waals surface area contributed by atoms with E-state index in [9.17, 15) is 19.2 Å². The van der Waals surface area contributed by atoms with Crippen molar-refractivity contribution in [3.8, 4) is 0 Å². The van der Waals surface area contributed by atoms with E-state index in [-0.39, 0.29) is 17.6 Å². The lowest BCUT2D eigenvalue weighted by Gasteiger charge is -2.22. The van der Waals surface area contributed by atoms with Crippen LogP contribution in [-0.2, 0) is 10.3 Å². The zero-order valence-electron chi connectivity index (χ0n) is 16.3. The summed E-state index contributed by atoms with van der Waals surface area (Å²) in [5.41, 5.74) is 2.45. The van der Waals surface area contributed by atoms with Crippen LogP contribution in [0.5, 0.6) is 0 Å². The summed E-state index contributed by atoms with van der Waals surface area (Å²) in [7, 11) is 0. The van der Waals surface area contributed by atoms with Crippen LogP contribution < -0.4 is 21.4 Å². The standard InChI is InChI=1S/C21H21N5O4/c1-21(14-5-3-2-4-6-14)18(28)26(20(30)24-21)25-17(27)13-7-9-15(10-8-13)22-19(29)23-16-11-12-16/h2-10,16H,11-12H2,1H3,(H,24,30)(H,25,27)(H2,22,23,29). The molecule has 9 nitrogen and oxygen atoms in total. The van der Waals surface area contributed by atoms with E-state index in [4.69, 9.17) is 0 Å². The van der Waals surface area contributed by atoms with Gasteiger partial charge in [0.05, 0.1) is 0 Å². The summed E-state index contributed by atoms with van der Waals surface area (Å²) < 4.78 is 0. The Morgan fingerprint density at radius 3 is 2.33 bits per heavy atom. The Bertz CT molecular complexity index is 1000. The Balaban J connectivity index is 1.41. The van der Waals surface area contributed by atoms with Gasteiger partial charge in [0.15, 0.2) is 0 Å². The van der Waals surface area contributed by atoms with Gasteiger partial charge in [-0.3, -0.25) is 15.0 Å². The minimum Gasteiger partial charge on any atom is -0.335 e. The number of hydrogen-bond donors (Lipinski definition) is 4. The minimum atomic E-state index is -1.27. The maximum atomic E-state index is 12.8. The first kappa shape index (κ1) is 19.4. The first-order valence-electron chi connectivity index (χ1n) is 9.57. The SMILES string of the molecule is CC1(c2ccccc2)NC(=O)N(NC(=O)c2ccc(NC(=O)NC3CC3)cc2)C1=O. The van der Waals surface area contributed by atoms with Crippen molar-refractivity contribution in [1.29, 1.82) is 0 Å². The molecule has 2 aromatic rings. The van der Waals surface area contributed by atoms with Crippen molar-refractivity contribution in [2.45, 2.75) is 31.3 Å². The van der Waals surface area contributed by atoms with Crippen LogP contribution in [0, 0.1) is 0 Å². The summed E-state index contributed by atoms with van der Waals surface area (Å²) in [6.07, 6.45) is 1.97. The molecule has 1 saturated heterocycles. The third kappa shape index (κ3) is 3.82. The second kappa shape index (κ2) is 7.51. The van der Waals surface area contributed by atoms with Crippen LogP contribution in [0.15, 0.2) is 54.6 Å². The smallest absolute Gasteiger partial charge is 0.335 e. The van der Waals surface area contributed by atoms with Gasteiger partial charge in [0, 0.05) is 17.3 Å². The number of carbonyl (C=O) groups is 4. The normalized spacial score (nSPS) is 20.5. The number of rotatable bonds is 5. The summed E-state index contributed by atoms with van der Waals surface area (Å²) in [6, 6.07) is 14.2. The monoisotopic (exact) mass is 407 g/mol. The van der Waals surface area contributed by atoms with E-state index in [2.05, 4.69) is 21.4 Å². The Morgan fingerprint density at radius 1 is 1.03 bits per heavy atom. The van der Waals surface area contributed by atoms with Crippen LogP contribution in [0.25, 0.3) is 0 Å². The van der Waals surface area contributed by atoms with Crippen molar-refractivity contribution in [2.24, 2.45) is 0 Å². The van der Waals surface area contributed by atoms with E-state index in [1.165, 1.54) is 12.1 Å². The molecule has 1 atom stereocenters. The molecule has 0 aromatic heterocycles. The number of nitrogens with one attached hydrogen (secondary N) is 4. The molecule has 1 saturated carbocycles. The number of carbonyl (C=O) groups excluding carboxylic acids is 4. The largest absolute Gasteiger partial charge is 0.344 e. The van der Waals surface area contributed by atoms with Crippen molar-refractivity contribution in [3.63, 3.8) is 0 Å². The highest BCUT2D eigenvalue weighted by atomic mass is 16.2. The van der Waals surface area contributed by atoms with Gasteiger partial charge in [0.2, 0.25) is 0 Å². The Morgan fingerprint density at radius 2 is 1.70 bits per heavy atom. The average Bonchev–Trinajstić information content (AvgIpc) is 3.52. The first-order valence-corrected chi connectivity index (χ1v) is 9.57. The summed E-state index contributed by atoms with van der Waals surface area (Å²) in [5.74, 6) is -1.20. The molecule has 0 radical (unpaired) electrons. The third-order valence-corrected chi connectivity index (χ3v) is 5.07. The fraction of sp³-hybridized carbons (Fsp3) is 0.238. The highest BCUT2D eigenvalue weighted by Crippen LogP contribution is 2.27. The molecule has 154 valence electrons. The quantitative estimate of drug-likeness (QED) is 0.567. The number of hydrazine groups is 1. The van der Waals surface area contributed by atoms with Crippen LogP contribution in [0.2, 0.25) is 0 Å². The van der Waals surface area contributed by atoms with Crippen LogP contribution in [0.1, 0.15) is 35.7 Å². The van der Waals surface area contributed by atoms with Gasteiger partial charge in [-0.2, -0.15) is 5.01 Å². The Kier molecular flexibility index (Phi) is 4.86. The molecule has 1 aliphatic carbocycles. The second-order valence-corrected chi connectivity index (χ2v) is 7.45. The van der Waals surface area contributed by atoms with Crippen LogP contribution in [-0.4, -0.2) is 34.9 Å². The van der Waals surface area contributed by atoms with E-state index in [0.29, 0.717) is 16.3 Å². The number of imide groups is 1. The molecule has 2 aromatic carbocycles. The summed E-state index contributed by atoms with van der Waals surface area (Å²) in [5, 5.41) is 8.79. The fourth-order valence-corrected chi connectivity index (χ4v) is 3.16. The Hall–Kier alpha value is -3.88. The molecule has 0 bridgehead atoms. The lowest BCUT2D eigenvalue weighted by atomic mass is 9.92. The summed E-state index contributed by atoms with van der Waals surface area (Å²) in [6.45, 7) is 1.59. The van der Waals surface area contributed by atoms with Gasteiger partial charge in [-0.1, -0.05) is 30.3 Å². The van der Waals surface area contributed by atoms with Crippen molar-refractivity contribution in [1.82, 2.24) is 21.1 Å². The topological polar surface area (TPSA) is 120 Å². The summed E-state index contributed by atoms with van der Waals surface area (Å²) in [4.78, 5) is 49.5. The average molecular weight is 407 g/mol. The lowest BCUT2D eigenvalue weighted by Crippen LogP contribution is -2.47. The van der Waals surface area contributed by atoms with E-state index in [1.807, 2.05) is 6.07 Å². The molecule has 1 heterocycles. The summed E-state index contributed by atoms with van der Waals surface area (Å²) >= 11 is 0. The first-order chi connectivity index (χ1) is 14.4. The molecule has 1 unspecified atom stereocenters. The second-order valence-electron chi connectivity index (χ2n) is 7.45. The van der Waals surface area contributed by atoms with E-state index in [1.54, 1.807) is 43.3 Å². The van der Waals surface area contributed by atoms with Crippen LogP contribution in [0.3, 0.4) is 0 Å². The molecule has 1 aliphatic heterocycles. The number of urea groups is 2. The molecule has 6 amide bonds. The van der Waals surface area contributed by atoms with Gasteiger partial charge in [0.1, 0.15) is 5.54 Å². The third-order valence-electron chi connectivity index (χ3n) is 5.07. The molecule has 2 fully saturated rings. The molecule has 4 N–H and O–H groups in total. The maximum absolute atomic E-state index is 12.8. The molecular formula is C21H21N5O4. The molecule has 9 heteroatoms. The van der Waals surface area contributed by atoms with Crippen molar-refractivity contribution in [3.05, 3.63) is 65.7 Å². The number of hydrogen-bond acceptors (Lipinski definition) is 4. The fourth-order valence-electron chi connectivity index (χ4n) is 3.16. The lowest BCUT2D eigenvalue weighted by molar-refractivity contribution is -0.132. The van der Waals surface area contributed by atoms with E-state index < -0.39 is 23.4 Å². The highest BCUT2D eigenvalue weighted by Gasteiger charge is 2.50. The number of nitrogens with zero attached hydrogens (tertiary/aromatic N) is 1. The van der Waals surface area contributed by atoms with Gasteiger partial charge in [-0.05, 0) is 49.6 Å². The zero-order chi connectivity index (χ0) is 21.3. The zero-order valence-corrected chi connectivity index (χ0v) is 16.3. The van der Waals surface area contributed by atoms with Gasteiger partial charge in [0.25, 0.3) is 11.8 Å². The Labute approximate surface area is 172 Å². The molecule has 4 rings (SSSR count). The predicted octanol–water partition coefficient (Wildman–Crippen LogP) is 2.08. The van der Waals surface area contributed by atoms with Crippen LogP contribution >= 0.6 is 0 Å². The van der Waals surface area contributed by atoms with Gasteiger partial charge < -0.3 is 16.0 Å². The minimum absolute atomic E-state index is 0.233. The van der Waals surface area contributed by atoms with Gasteiger partial charge >= 0.3 is 12.1 Å². The van der Waals surface area contributed by atoms with E-state index in [0.717, 1.165) is 12.8 Å². The number of anilines is 1. The predicted molar refractivity (Wildman–Crippen MR) is 108 cm³/mol. The number of amides is 6. The van der Waals surface area contributed by atoms with Crippen molar-refractivity contribution in [2.75, 3.05) is 5.32 Å². The maximum Gasteiger partial charge on any atom is 0.344 e. The van der Waals surface area contributed by atoms with Crippen molar-refractivity contribution >= 4 is 29.6 Å². The molecule has 2 aliphatic rings.